The Labute approximate surface area is 122 Å². The van der Waals surface area contributed by atoms with Crippen LogP contribution >= 0.6 is 0 Å². The molecule has 20 heavy (non-hydrogen) atoms. The van der Waals surface area contributed by atoms with Crippen LogP contribution in [-0.4, -0.2) is 33.0 Å². The van der Waals surface area contributed by atoms with Crippen LogP contribution in [0.15, 0.2) is 30.8 Å². The van der Waals surface area contributed by atoms with E-state index in [4.69, 9.17) is 9.29 Å². The number of benzene rings is 1. The lowest BCUT2D eigenvalue weighted by Gasteiger charge is -2.12. The lowest BCUT2D eigenvalue weighted by molar-refractivity contribution is 0.301. The molecule has 0 heterocycles. The van der Waals surface area contributed by atoms with E-state index in [1.54, 1.807) is 6.92 Å². The minimum atomic E-state index is -3.36. The van der Waals surface area contributed by atoms with E-state index in [1.165, 1.54) is 0 Å². The third-order valence-electron chi connectivity index (χ3n) is 2.50. The van der Waals surface area contributed by atoms with Crippen molar-refractivity contribution in [3.05, 3.63) is 42.0 Å². The molecule has 0 bridgehead atoms. The van der Waals surface area contributed by atoms with Gasteiger partial charge in [-0.3, -0.25) is 4.18 Å². The summed E-state index contributed by atoms with van der Waals surface area (Å²) in [5.74, 6) is 0.0453. The zero-order valence-corrected chi connectivity index (χ0v) is 13.4. The Hall–Kier alpha value is -1.17. The first-order chi connectivity index (χ1) is 9.21. The standard InChI is InChI=1S/C13H18O3S.C2H6O/c1-10(2)12-5-7-13(8-6-12)11(3)9-16-17(4,14)15;1-2-3/h5-8,11H,1,9H2,2-4H3;3H,2H2,1H3. The van der Waals surface area contributed by atoms with Gasteiger partial charge < -0.3 is 5.11 Å². The Balaban J connectivity index is 0.00000110. The summed E-state index contributed by atoms with van der Waals surface area (Å²) in [5.41, 5.74) is 3.15. The van der Waals surface area contributed by atoms with Crippen molar-refractivity contribution in [2.24, 2.45) is 0 Å². The van der Waals surface area contributed by atoms with Crippen LogP contribution in [0.1, 0.15) is 37.8 Å². The second-order valence-electron chi connectivity index (χ2n) is 4.61. The fourth-order valence-electron chi connectivity index (χ4n) is 1.42. The van der Waals surface area contributed by atoms with E-state index >= 15 is 0 Å². The van der Waals surface area contributed by atoms with E-state index in [-0.39, 0.29) is 19.1 Å². The minimum absolute atomic E-state index is 0.0453. The molecule has 114 valence electrons. The van der Waals surface area contributed by atoms with Gasteiger partial charge in [0.2, 0.25) is 0 Å². The van der Waals surface area contributed by atoms with E-state index in [2.05, 4.69) is 6.58 Å². The van der Waals surface area contributed by atoms with Crippen LogP contribution in [0.5, 0.6) is 0 Å². The SMILES string of the molecule is C=C(C)c1ccc(C(C)COS(C)(=O)=O)cc1.CCO. The molecule has 4 nitrogen and oxygen atoms in total. The zero-order chi connectivity index (χ0) is 15.8. The third kappa shape index (κ3) is 8.09. The van der Waals surface area contributed by atoms with Gasteiger partial charge in [0, 0.05) is 12.5 Å². The highest BCUT2D eigenvalue weighted by atomic mass is 32.2. The van der Waals surface area contributed by atoms with Crippen molar-refractivity contribution in [2.75, 3.05) is 19.5 Å². The molecule has 0 saturated heterocycles. The largest absolute Gasteiger partial charge is 0.397 e. The summed E-state index contributed by atoms with van der Waals surface area (Å²) < 4.78 is 26.5. The summed E-state index contributed by atoms with van der Waals surface area (Å²) >= 11 is 0. The summed E-state index contributed by atoms with van der Waals surface area (Å²) in [6.45, 7) is 9.85. The zero-order valence-electron chi connectivity index (χ0n) is 12.6. The van der Waals surface area contributed by atoms with E-state index in [1.807, 2.05) is 38.1 Å². The van der Waals surface area contributed by atoms with Crippen LogP contribution in [0.4, 0.5) is 0 Å². The van der Waals surface area contributed by atoms with Gasteiger partial charge in [-0.25, -0.2) is 0 Å². The molecule has 1 rings (SSSR count). The lowest BCUT2D eigenvalue weighted by Crippen LogP contribution is -2.09. The molecule has 5 heteroatoms. The second-order valence-corrected chi connectivity index (χ2v) is 6.25. The van der Waals surface area contributed by atoms with Crippen molar-refractivity contribution < 1.29 is 17.7 Å². The number of hydrogen-bond donors (Lipinski definition) is 1. The Morgan fingerprint density at radius 3 is 2.15 bits per heavy atom. The monoisotopic (exact) mass is 300 g/mol. The minimum Gasteiger partial charge on any atom is -0.397 e. The lowest BCUT2D eigenvalue weighted by atomic mass is 9.99. The molecular formula is C15H24O4S. The predicted octanol–water partition coefficient (Wildman–Crippen LogP) is 2.80. The highest BCUT2D eigenvalue weighted by molar-refractivity contribution is 7.85. The van der Waals surface area contributed by atoms with Crippen molar-refractivity contribution in [2.45, 2.75) is 26.7 Å². The molecule has 0 aromatic heterocycles. The fraction of sp³-hybridized carbons (Fsp3) is 0.467. The van der Waals surface area contributed by atoms with Gasteiger partial charge in [0.1, 0.15) is 0 Å². The Morgan fingerprint density at radius 2 is 1.80 bits per heavy atom. The molecule has 0 saturated carbocycles. The quantitative estimate of drug-likeness (QED) is 0.849. The molecule has 1 aromatic carbocycles. The van der Waals surface area contributed by atoms with Gasteiger partial charge in [0.15, 0.2) is 0 Å². The van der Waals surface area contributed by atoms with Crippen molar-refractivity contribution in [1.82, 2.24) is 0 Å². The van der Waals surface area contributed by atoms with Crippen molar-refractivity contribution >= 4 is 15.7 Å². The molecule has 1 N–H and O–H groups in total. The van der Waals surface area contributed by atoms with Crippen LogP contribution in [0.25, 0.3) is 5.57 Å². The Bertz CT molecular complexity index is 503. The first kappa shape index (κ1) is 18.8. The van der Waals surface area contributed by atoms with Crippen LogP contribution < -0.4 is 0 Å². The number of rotatable bonds is 5. The van der Waals surface area contributed by atoms with Crippen LogP contribution in [0.2, 0.25) is 0 Å². The summed E-state index contributed by atoms with van der Waals surface area (Å²) in [4.78, 5) is 0. The summed E-state index contributed by atoms with van der Waals surface area (Å²) in [7, 11) is -3.36. The molecule has 0 aliphatic heterocycles. The number of aliphatic hydroxyl groups excluding tert-OH is 1. The first-order valence-electron chi connectivity index (χ1n) is 6.42. The molecule has 0 amide bonds. The Morgan fingerprint density at radius 1 is 1.35 bits per heavy atom. The number of hydrogen-bond acceptors (Lipinski definition) is 4. The van der Waals surface area contributed by atoms with Crippen LogP contribution in [0.3, 0.4) is 0 Å². The Kier molecular flexibility index (Phi) is 8.37. The van der Waals surface area contributed by atoms with Crippen molar-refractivity contribution in [1.29, 1.82) is 0 Å². The average molecular weight is 300 g/mol. The van der Waals surface area contributed by atoms with Gasteiger partial charge in [0.05, 0.1) is 12.9 Å². The molecule has 1 atom stereocenters. The number of allylic oxidation sites excluding steroid dienone is 1. The average Bonchev–Trinajstić information content (AvgIpc) is 2.36. The molecular weight excluding hydrogens is 276 g/mol. The molecule has 0 fully saturated rings. The van der Waals surface area contributed by atoms with Crippen molar-refractivity contribution in [3.8, 4) is 0 Å². The van der Waals surface area contributed by atoms with Gasteiger partial charge >= 0.3 is 0 Å². The van der Waals surface area contributed by atoms with Gasteiger partial charge in [-0.05, 0) is 25.0 Å². The van der Waals surface area contributed by atoms with Crippen LogP contribution in [0, 0.1) is 0 Å². The molecule has 0 aliphatic rings. The second kappa shape index (κ2) is 8.89. The van der Waals surface area contributed by atoms with E-state index in [0.717, 1.165) is 23.0 Å². The van der Waals surface area contributed by atoms with E-state index in [0.29, 0.717) is 0 Å². The summed E-state index contributed by atoms with van der Waals surface area (Å²) in [5, 5.41) is 7.57. The molecule has 1 unspecified atom stereocenters. The number of aliphatic hydroxyl groups is 1. The van der Waals surface area contributed by atoms with Gasteiger partial charge in [-0.1, -0.05) is 43.3 Å². The smallest absolute Gasteiger partial charge is 0.264 e. The maximum absolute atomic E-state index is 10.9. The van der Waals surface area contributed by atoms with Crippen LogP contribution in [-0.2, 0) is 14.3 Å². The summed E-state index contributed by atoms with van der Waals surface area (Å²) in [6.07, 6.45) is 1.06. The highest BCUT2D eigenvalue weighted by Gasteiger charge is 2.09. The fourth-order valence-corrected chi connectivity index (χ4v) is 1.87. The van der Waals surface area contributed by atoms with Gasteiger partial charge in [-0.15, -0.1) is 0 Å². The van der Waals surface area contributed by atoms with Gasteiger partial charge in [-0.2, -0.15) is 8.42 Å². The topological polar surface area (TPSA) is 63.6 Å². The van der Waals surface area contributed by atoms with Crippen molar-refractivity contribution in [3.63, 3.8) is 0 Å². The normalized spacial score (nSPS) is 12.2. The highest BCUT2D eigenvalue weighted by Crippen LogP contribution is 2.19. The predicted molar refractivity (Wildman–Crippen MR) is 83.1 cm³/mol. The maximum atomic E-state index is 10.9. The molecule has 0 aliphatic carbocycles. The first-order valence-corrected chi connectivity index (χ1v) is 8.24. The summed E-state index contributed by atoms with van der Waals surface area (Å²) in [6, 6.07) is 7.91. The maximum Gasteiger partial charge on any atom is 0.264 e. The molecule has 0 radical (unpaired) electrons. The van der Waals surface area contributed by atoms with E-state index in [9.17, 15) is 8.42 Å². The molecule has 0 spiro atoms. The van der Waals surface area contributed by atoms with Gasteiger partial charge in [0.25, 0.3) is 10.1 Å². The van der Waals surface area contributed by atoms with E-state index < -0.39 is 10.1 Å². The molecule has 1 aromatic rings. The third-order valence-corrected chi connectivity index (χ3v) is 3.07.